The number of aliphatic hydroxyl groups excluding tert-OH is 1. The van der Waals surface area contributed by atoms with E-state index >= 15 is 0 Å². The molecule has 1 fully saturated rings. The van der Waals surface area contributed by atoms with Crippen molar-refractivity contribution < 1.29 is 33.0 Å². The zero-order chi connectivity index (χ0) is 25.2. The van der Waals surface area contributed by atoms with Crippen LogP contribution >= 0.6 is 42.7 Å². The van der Waals surface area contributed by atoms with E-state index in [9.17, 15) is 28.8 Å². The third-order valence-corrected chi connectivity index (χ3v) is 8.58. The van der Waals surface area contributed by atoms with E-state index in [-0.39, 0.29) is 21.6 Å². The number of aliphatic carboxylic acids is 1. The predicted molar refractivity (Wildman–Crippen MR) is 125 cm³/mol. The monoisotopic (exact) mass is 556 g/mol. The number of rotatable bonds is 9. The number of carboxylic acid groups (broad SMARTS) is 1. The SMILES string of the molecule is CC(NP(=O)(OC[C@H]1S[C@@H](n2ccc(N)nc2=O)[C@@H](F)[C@@H]1O)Oc1ccc(Cl)c(Cl)c1)C(=O)O. The summed E-state index contributed by atoms with van der Waals surface area (Å²) in [7, 11) is -4.37. The first-order chi connectivity index (χ1) is 15.9. The maximum atomic E-state index is 14.8. The van der Waals surface area contributed by atoms with Crippen LogP contribution in [0.15, 0.2) is 35.3 Å². The number of nitrogens with zero attached hydrogens (tertiary/aromatic N) is 2. The Labute approximate surface area is 206 Å². The number of anilines is 1. The van der Waals surface area contributed by atoms with Gasteiger partial charge in [-0.25, -0.2) is 13.8 Å². The van der Waals surface area contributed by atoms with Crippen molar-refractivity contribution in [2.45, 2.75) is 35.9 Å². The lowest BCUT2D eigenvalue weighted by atomic mass is 10.1. The topological polar surface area (TPSA) is 166 Å². The van der Waals surface area contributed by atoms with Gasteiger partial charge in [0.2, 0.25) is 0 Å². The highest BCUT2D eigenvalue weighted by Gasteiger charge is 2.46. The second-order valence-corrected chi connectivity index (χ2v) is 11.1. The van der Waals surface area contributed by atoms with Crippen LogP contribution in [0.5, 0.6) is 5.75 Å². The maximum absolute atomic E-state index is 14.8. The fourth-order valence-electron chi connectivity index (χ4n) is 2.91. The second kappa shape index (κ2) is 10.8. The molecule has 0 radical (unpaired) electrons. The Morgan fingerprint density at radius 3 is 2.74 bits per heavy atom. The molecule has 34 heavy (non-hydrogen) atoms. The molecule has 2 heterocycles. The molecule has 11 nitrogen and oxygen atoms in total. The van der Waals surface area contributed by atoms with Crippen molar-refractivity contribution in [1.29, 1.82) is 0 Å². The van der Waals surface area contributed by atoms with Crippen LogP contribution in [0, 0.1) is 0 Å². The number of aromatic nitrogens is 2. The van der Waals surface area contributed by atoms with Crippen molar-refractivity contribution in [2.75, 3.05) is 12.3 Å². The first-order valence-corrected chi connectivity index (χ1v) is 12.9. The standard InChI is InChI=1S/C18H20Cl2FN4O7PS/c1-8(17(27)28)24-33(30,32-9-2-3-10(19)11(20)6-9)31-7-12-15(26)14(21)16(34-12)25-5-4-13(22)23-18(25)29/h2-6,8,12,14-16,26H,7H2,1H3,(H,24,30)(H,27,28)(H2,22,23,29)/t8?,12-,14+,15-,16-,33?/m1/s1. The van der Waals surface area contributed by atoms with E-state index in [2.05, 4.69) is 10.1 Å². The van der Waals surface area contributed by atoms with Crippen molar-refractivity contribution in [3.05, 3.63) is 51.0 Å². The van der Waals surface area contributed by atoms with Crippen LogP contribution in [-0.4, -0.2) is 55.9 Å². The van der Waals surface area contributed by atoms with Gasteiger partial charge in [-0.05, 0) is 25.1 Å². The van der Waals surface area contributed by atoms with Gasteiger partial charge in [0.05, 0.1) is 21.9 Å². The van der Waals surface area contributed by atoms with Gasteiger partial charge in [-0.2, -0.15) is 10.1 Å². The van der Waals surface area contributed by atoms with Crippen LogP contribution in [0.25, 0.3) is 0 Å². The highest BCUT2D eigenvalue weighted by atomic mass is 35.5. The molecule has 0 amide bonds. The van der Waals surface area contributed by atoms with Crippen LogP contribution in [-0.2, 0) is 13.9 Å². The van der Waals surface area contributed by atoms with Crippen LogP contribution in [0.4, 0.5) is 10.2 Å². The first kappa shape index (κ1) is 26.7. The smallest absolute Gasteiger partial charge is 0.459 e. The number of nitrogens with two attached hydrogens (primary N) is 1. The Kier molecular flexibility index (Phi) is 8.51. The Balaban J connectivity index is 1.78. The molecule has 2 unspecified atom stereocenters. The number of nitrogens with one attached hydrogen (secondary N) is 1. The quantitative estimate of drug-likeness (QED) is 0.335. The predicted octanol–water partition coefficient (Wildman–Crippen LogP) is 2.71. The number of benzene rings is 1. The number of alkyl halides is 1. The third kappa shape index (κ3) is 6.22. The lowest BCUT2D eigenvalue weighted by Crippen LogP contribution is -2.36. The first-order valence-electron chi connectivity index (χ1n) is 9.62. The molecule has 2 aromatic rings. The number of carboxylic acids is 1. The number of hydrogen-bond donors (Lipinski definition) is 4. The molecule has 0 aliphatic carbocycles. The average molecular weight is 557 g/mol. The van der Waals surface area contributed by atoms with Crippen molar-refractivity contribution in [3.63, 3.8) is 0 Å². The Hall–Kier alpha value is -1.86. The molecule has 1 aliphatic heterocycles. The van der Waals surface area contributed by atoms with Crippen LogP contribution < -0.4 is 21.0 Å². The molecule has 3 rings (SSSR count). The molecule has 1 saturated heterocycles. The summed E-state index contributed by atoms with van der Waals surface area (Å²) in [6, 6.07) is 3.92. The van der Waals surface area contributed by atoms with E-state index in [1.165, 1.54) is 37.4 Å². The largest absolute Gasteiger partial charge is 0.480 e. The van der Waals surface area contributed by atoms with Crippen LogP contribution in [0.1, 0.15) is 12.3 Å². The molecule has 0 saturated carbocycles. The van der Waals surface area contributed by atoms with E-state index in [0.29, 0.717) is 0 Å². The van der Waals surface area contributed by atoms with Gasteiger partial charge >= 0.3 is 19.4 Å². The molecule has 1 aliphatic rings. The number of hydrogen-bond acceptors (Lipinski definition) is 9. The average Bonchev–Trinajstić information content (AvgIpc) is 3.03. The van der Waals surface area contributed by atoms with Gasteiger partial charge < -0.3 is 20.5 Å². The van der Waals surface area contributed by atoms with E-state index < -0.39 is 55.0 Å². The lowest BCUT2D eigenvalue weighted by molar-refractivity contribution is -0.138. The minimum absolute atomic E-state index is 0.0387. The summed E-state index contributed by atoms with van der Waals surface area (Å²) in [6.07, 6.45) is -2.24. The molecular formula is C18H20Cl2FN4O7PS. The zero-order valence-electron chi connectivity index (χ0n) is 17.4. The minimum atomic E-state index is -4.37. The van der Waals surface area contributed by atoms with Crippen molar-refractivity contribution >= 4 is 54.5 Å². The number of carbonyl (C=O) groups is 1. The normalized spacial score (nSPS) is 25.0. The van der Waals surface area contributed by atoms with Crippen molar-refractivity contribution in [2.24, 2.45) is 0 Å². The Morgan fingerprint density at radius 2 is 2.12 bits per heavy atom. The van der Waals surface area contributed by atoms with Crippen molar-refractivity contribution in [1.82, 2.24) is 14.6 Å². The summed E-state index contributed by atoms with van der Waals surface area (Å²) in [5.41, 5.74) is 4.64. The number of nitrogen functional groups attached to an aromatic ring is 1. The molecule has 0 spiro atoms. The molecular weight excluding hydrogens is 537 g/mol. The summed E-state index contributed by atoms with van der Waals surface area (Å²) in [5.74, 6) is -1.42. The maximum Gasteiger partial charge on any atom is 0.459 e. The zero-order valence-corrected chi connectivity index (χ0v) is 20.6. The summed E-state index contributed by atoms with van der Waals surface area (Å²) in [4.78, 5) is 26.9. The van der Waals surface area contributed by atoms with Gasteiger partial charge in [-0.15, -0.1) is 11.8 Å². The van der Waals surface area contributed by atoms with Crippen LogP contribution in [0.3, 0.4) is 0 Å². The fourth-order valence-corrected chi connectivity index (χ4v) is 6.23. The van der Waals surface area contributed by atoms with Gasteiger partial charge in [0.25, 0.3) is 0 Å². The molecule has 186 valence electrons. The fraction of sp³-hybridized carbons (Fsp3) is 0.389. The molecule has 6 atom stereocenters. The summed E-state index contributed by atoms with van der Waals surface area (Å²) < 4.78 is 39.8. The Morgan fingerprint density at radius 1 is 1.41 bits per heavy atom. The molecule has 5 N–H and O–H groups in total. The van der Waals surface area contributed by atoms with E-state index in [1.807, 2.05) is 0 Å². The third-order valence-electron chi connectivity index (χ3n) is 4.67. The molecule has 0 bridgehead atoms. The van der Waals surface area contributed by atoms with E-state index in [4.69, 9.17) is 38.0 Å². The Bertz CT molecular complexity index is 1180. The molecule has 1 aromatic heterocycles. The summed E-state index contributed by atoms with van der Waals surface area (Å²) in [6.45, 7) is 0.696. The highest BCUT2D eigenvalue weighted by molar-refractivity contribution is 8.00. The second-order valence-electron chi connectivity index (χ2n) is 7.19. The van der Waals surface area contributed by atoms with E-state index in [0.717, 1.165) is 16.3 Å². The lowest BCUT2D eigenvalue weighted by Gasteiger charge is -2.24. The summed E-state index contributed by atoms with van der Waals surface area (Å²) in [5, 5.41) is 19.9. The minimum Gasteiger partial charge on any atom is -0.480 e. The van der Waals surface area contributed by atoms with Gasteiger partial charge in [0.15, 0.2) is 6.17 Å². The van der Waals surface area contributed by atoms with Crippen molar-refractivity contribution in [3.8, 4) is 5.75 Å². The van der Waals surface area contributed by atoms with Crippen LogP contribution in [0.2, 0.25) is 10.0 Å². The molecule has 16 heteroatoms. The van der Waals surface area contributed by atoms with Gasteiger partial charge in [-0.3, -0.25) is 13.9 Å². The highest BCUT2D eigenvalue weighted by Crippen LogP contribution is 2.49. The number of aliphatic hydroxyl groups is 1. The van der Waals surface area contributed by atoms with Gasteiger partial charge in [0.1, 0.15) is 29.1 Å². The number of thioether (sulfide) groups is 1. The number of halogens is 3. The molecule has 1 aromatic carbocycles. The van der Waals surface area contributed by atoms with E-state index in [1.54, 1.807) is 0 Å². The summed E-state index contributed by atoms with van der Waals surface area (Å²) >= 11 is 12.6. The van der Waals surface area contributed by atoms with Gasteiger partial charge in [-0.1, -0.05) is 23.2 Å². The van der Waals surface area contributed by atoms with Gasteiger partial charge in [0, 0.05) is 12.3 Å².